The Morgan fingerprint density at radius 1 is 1.11 bits per heavy atom. The van der Waals surface area contributed by atoms with Crippen LogP contribution in [0.2, 0.25) is 0 Å². The number of para-hydroxylation sites is 1. The number of morpholine rings is 1. The zero-order valence-electron chi connectivity index (χ0n) is 20.1. The predicted molar refractivity (Wildman–Crippen MR) is 138 cm³/mol. The van der Waals surface area contributed by atoms with Gasteiger partial charge in [-0.05, 0) is 24.3 Å². The molecule has 0 unspecified atom stereocenters. The van der Waals surface area contributed by atoms with Gasteiger partial charge >= 0.3 is 0 Å². The average Bonchev–Trinajstić information content (AvgIpc) is 3.57. The quantitative estimate of drug-likeness (QED) is 0.339. The summed E-state index contributed by atoms with van der Waals surface area (Å²) in [5, 5.41) is 11.0. The van der Waals surface area contributed by atoms with Gasteiger partial charge in [0.2, 0.25) is 5.91 Å². The molecule has 1 saturated heterocycles. The maximum absolute atomic E-state index is 13.2. The highest BCUT2D eigenvalue weighted by molar-refractivity contribution is 6.06. The van der Waals surface area contributed by atoms with E-state index in [9.17, 15) is 9.59 Å². The van der Waals surface area contributed by atoms with Gasteiger partial charge in [-0.15, -0.1) is 0 Å². The molecule has 0 bridgehead atoms. The maximum Gasteiger partial charge on any atom is 0.256 e. The summed E-state index contributed by atoms with van der Waals surface area (Å²) in [6.45, 7) is 3.98. The number of hydrogen-bond acceptors (Lipinski definition) is 7. The highest BCUT2D eigenvalue weighted by atomic mass is 16.5. The molecular formula is C26H24N8O3. The van der Waals surface area contributed by atoms with Crippen LogP contribution in [-0.2, 0) is 9.53 Å². The number of amides is 2. The first-order chi connectivity index (χ1) is 18.1. The molecule has 37 heavy (non-hydrogen) atoms. The maximum atomic E-state index is 13.2. The lowest BCUT2D eigenvalue weighted by molar-refractivity contribution is -0.115. The van der Waals surface area contributed by atoms with E-state index in [1.54, 1.807) is 36.5 Å². The summed E-state index contributed by atoms with van der Waals surface area (Å²) in [7, 11) is 0. The SMILES string of the molecule is CCC(=O)Nc1cncc(-c2cnc3n[nH]c(-c4nc5c(C(=O)N6CCOCC6)cccc5[nH]4)c3c2)c1. The van der Waals surface area contributed by atoms with Crippen molar-refractivity contribution in [1.82, 2.24) is 35.0 Å². The molecule has 11 heteroatoms. The Morgan fingerprint density at radius 2 is 1.95 bits per heavy atom. The van der Waals surface area contributed by atoms with Crippen molar-refractivity contribution < 1.29 is 14.3 Å². The number of imidazole rings is 1. The number of hydrogen-bond donors (Lipinski definition) is 3. The number of aromatic nitrogens is 6. The normalized spacial score (nSPS) is 13.8. The molecule has 1 fully saturated rings. The van der Waals surface area contributed by atoms with Gasteiger partial charge in [-0.1, -0.05) is 13.0 Å². The Hall–Kier alpha value is -4.64. The summed E-state index contributed by atoms with van der Waals surface area (Å²) in [4.78, 5) is 43.6. The summed E-state index contributed by atoms with van der Waals surface area (Å²) in [6.07, 6.45) is 5.42. The van der Waals surface area contributed by atoms with Crippen LogP contribution >= 0.6 is 0 Å². The van der Waals surface area contributed by atoms with E-state index in [1.807, 2.05) is 24.3 Å². The van der Waals surface area contributed by atoms with E-state index in [2.05, 4.69) is 30.5 Å². The van der Waals surface area contributed by atoms with E-state index in [1.165, 1.54) is 0 Å². The summed E-state index contributed by atoms with van der Waals surface area (Å²) < 4.78 is 5.38. The Morgan fingerprint density at radius 3 is 2.78 bits per heavy atom. The molecule has 0 atom stereocenters. The van der Waals surface area contributed by atoms with E-state index < -0.39 is 0 Å². The number of anilines is 1. The number of pyridine rings is 2. The molecule has 186 valence electrons. The summed E-state index contributed by atoms with van der Waals surface area (Å²) in [6, 6.07) is 9.35. The minimum Gasteiger partial charge on any atom is -0.378 e. The van der Waals surface area contributed by atoms with Crippen LogP contribution in [0.3, 0.4) is 0 Å². The van der Waals surface area contributed by atoms with Crippen molar-refractivity contribution in [2.75, 3.05) is 31.6 Å². The summed E-state index contributed by atoms with van der Waals surface area (Å²) in [5.41, 5.74) is 5.33. The third-order valence-corrected chi connectivity index (χ3v) is 6.36. The Labute approximate surface area is 211 Å². The molecular weight excluding hydrogens is 472 g/mol. The largest absolute Gasteiger partial charge is 0.378 e. The van der Waals surface area contributed by atoms with Gasteiger partial charge in [0.25, 0.3) is 5.91 Å². The molecule has 0 spiro atoms. The highest BCUT2D eigenvalue weighted by Crippen LogP contribution is 2.30. The van der Waals surface area contributed by atoms with E-state index in [0.717, 1.165) is 22.0 Å². The molecule has 0 aliphatic carbocycles. The third kappa shape index (κ3) is 4.29. The van der Waals surface area contributed by atoms with Crippen molar-refractivity contribution in [3.05, 3.63) is 54.5 Å². The van der Waals surface area contributed by atoms with E-state index in [-0.39, 0.29) is 11.8 Å². The van der Waals surface area contributed by atoms with Crippen LogP contribution < -0.4 is 5.32 Å². The number of aromatic amines is 2. The van der Waals surface area contributed by atoms with Gasteiger partial charge in [0.15, 0.2) is 11.5 Å². The second-order valence-corrected chi connectivity index (χ2v) is 8.75. The lowest BCUT2D eigenvalue weighted by atomic mass is 10.1. The van der Waals surface area contributed by atoms with Gasteiger partial charge in [-0.3, -0.25) is 19.7 Å². The van der Waals surface area contributed by atoms with Crippen molar-refractivity contribution >= 4 is 39.6 Å². The molecule has 1 aromatic carbocycles. The van der Waals surface area contributed by atoms with Crippen LogP contribution in [0.4, 0.5) is 5.69 Å². The average molecular weight is 497 g/mol. The minimum absolute atomic E-state index is 0.0621. The molecule has 0 radical (unpaired) electrons. The molecule has 11 nitrogen and oxygen atoms in total. The van der Waals surface area contributed by atoms with Gasteiger partial charge in [-0.25, -0.2) is 9.97 Å². The molecule has 1 aliphatic heterocycles. The summed E-state index contributed by atoms with van der Waals surface area (Å²) >= 11 is 0. The van der Waals surface area contributed by atoms with Crippen LogP contribution in [0.5, 0.6) is 0 Å². The predicted octanol–water partition coefficient (Wildman–Crippen LogP) is 3.38. The van der Waals surface area contributed by atoms with Crippen molar-refractivity contribution in [1.29, 1.82) is 0 Å². The second kappa shape index (κ2) is 9.43. The number of nitrogens with one attached hydrogen (secondary N) is 3. The smallest absolute Gasteiger partial charge is 0.256 e. The number of carbonyl (C=O) groups is 2. The standard InChI is InChI=1S/C26H24N8O3/c1-2-21(35)29-17-10-15(12-27-14-17)16-11-19-23(32-33-24(19)28-13-16)25-30-20-5-3-4-18(22(20)31-25)26(36)34-6-8-37-9-7-34/h3-5,10-14H,2,6-9H2,1H3,(H,29,35)(H,30,31)(H,28,32,33). The van der Waals surface area contributed by atoms with Crippen LogP contribution in [0.1, 0.15) is 23.7 Å². The van der Waals surface area contributed by atoms with Crippen molar-refractivity contribution in [2.45, 2.75) is 13.3 Å². The lowest BCUT2D eigenvalue weighted by Crippen LogP contribution is -2.40. The Balaban J connectivity index is 1.38. The van der Waals surface area contributed by atoms with Gasteiger partial charge in [0.05, 0.1) is 41.6 Å². The minimum atomic E-state index is -0.0824. The van der Waals surface area contributed by atoms with Gasteiger partial charge in [0.1, 0.15) is 11.2 Å². The van der Waals surface area contributed by atoms with Crippen molar-refractivity contribution in [3.63, 3.8) is 0 Å². The van der Waals surface area contributed by atoms with Gasteiger partial charge in [0, 0.05) is 43.0 Å². The number of nitrogens with zero attached hydrogens (tertiary/aromatic N) is 5. The zero-order valence-corrected chi connectivity index (χ0v) is 20.1. The molecule has 1 aliphatic rings. The van der Waals surface area contributed by atoms with Crippen molar-refractivity contribution in [2.24, 2.45) is 0 Å². The van der Waals surface area contributed by atoms with E-state index in [0.29, 0.717) is 66.7 Å². The molecule has 6 rings (SSSR count). The molecule has 2 amide bonds. The monoisotopic (exact) mass is 496 g/mol. The first-order valence-electron chi connectivity index (χ1n) is 12.1. The van der Waals surface area contributed by atoms with Crippen LogP contribution in [0.15, 0.2) is 48.9 Å². The van der Waals surface area contributed by atoms with E-state index in [4.69, 9.17) is 9.72 Å². The number of carbonyl (C=O) groups excluding carboxylic acids is 2. The number of benzene rings is 1. The van der Waals surface area contributed by atoms with Crippen molar-refractivity contribution in [3.8, 4) is 22.6 Å². The number of rotatable bonds is 5. The number of ether oxygens (including phenoxy) is 1. The first kappa shape index (κ1) is 22.8. The Kier molecular flexibility index (Phi) is 5.81. The fourth-order valence-corrected chi connectivity index (χ4v) is 4.41. The summed E-state index contributed by atoms with van der Waals surface area (Å²) in [5.74, 6) is 0.412. The lowest BCUT2D eigenvalue weighted by Gasteiger charge is -2.26. The second-order valence-electron chi connectivity index (χ2n) is 8.75. The third-order valence-electron chi connectivity index (χ3n) is 6.36. The highest BCUT2D eigenvalue weighted by Gasteiger charge is 2.23. The van der Waals surface area contributed by atoms with Crippen LogP contribution in [-0.4, -0.2) is 73.2 Å². The molecule has 5 heterocycles. The molecule has 0 saturated carbocycles. The molecule has 5 aromatic rings. The molecule has 4 aromatic heterocycles. The van der Waals surface area contributed by atoms with Gasteiger partial charge < -0.3 is 19.9 Å². The van der Waals surface area contributed by atoms with Crippen LogP contribution in [0.25, 0.3) is 44.7 Å². The topological polar surface area (TPSA) is 142 Å². The fourth-order valence-electron chi connectivity index (χ4n) is 4.41. The number of fused-ring (bicyclic) bond motifs is 2. The van der Waals surface area contributed by atoms with E-state index >= 15 is 0 Å². The van der Waals surface area contributed by atoms with Crippen LogP contribution in [0, 0.1) is 0 Å². The van der Waals surface area contributed by atoms with Gasteiger partial charge in [-0.2, -0.15) is 5.10 Å². The first-order valence-corrected chi connectivity index (χ1v) is 12.1. The molecule has 3 N–H and O–H groups in total. The number of H-pyrrole nitrogens is 2. The zero-order chi connectivity index (χ0) is 25.4. The Bertz CT molecular complexity index is 1630. The fraction of sp³-hybridized carbons (Fsp3) is 0.231.